The fraction of sp³-hybridized carbons (Fsp3) is 0.955. The lowest BCUT2D eigenvalue weighted by molar-refractivity contribution is -0.161. The normalized spacial score (nSPS) is 13.7. The van der Waals surface area contributed by atoms with E-state index >= 15 is 0 Å². The summed E-state index contributed by atoms with van der Waals surface area (Å²) >= 11 is 0. The van der Waals surface area contributed by atoms with E-state index in [1.54, 1.807) is 0 Å². The van der Waals surface area contributed by atoms with Gasteiger partial charge in [0.1, 0.15) is 19.3 Å². The first-order chi connectivity index (χ1) is 52.0. The highest BCUT2D eigenvalue weighted by Gasteiger charge is 2.30. The first kappa shape index (κ1) is 105. The summed E-state index contributed by atoms with van der Waals surface area (Å²) in [5.41, 5.74) is 0. The number of phosphoric acid groups is 2. The van der Waals surface area contributed by atoms with E-state index < -0.39 is 97.5 Å². The number of unbranched alkanes of at least 4 members (excludes halogenated alkanes) is 60. The zero-order chi connectivity index (χ0) is 78.3. The minimum Gasteiger partial charge on any atom is -0.462 e. The summed E-state index contributed by atoms with van der Waals surface area (Å²) < 4.78 is 69.0. The predicted molar refractivity (Wildman–Crippen MR) is 442 cm³/mol. The van der Waals surface area contributed by atoms with Gasteiger partial charge in [0.2, 0.25) is 0 Å². The Balaban J connectivity index is 5.25. The van der Waals surface area contributed by atoms with E-state index in [1.165, 1.54) is 302 Å². The summed E-state index contributed by atoms with van der Waals surface area (Å²) in [5.74, 6) is -1.30. The van der Waals surface area contributed by atoms with Gasteiger partial charge < -0.3 is 33.8 Å². The monoisotopic (exact) mass is 1560 g/mol. The zero-order valence-corrected chi connectivity index (χ0v) is 72.1. The summed E-state index contributed by atoms with van der Waals surface area (Å²) in [4.78, 5) is 73.3. The smallest absolute Gasteiger partial charge is 0.462 e. The highest BCUT2D eigenvalue weighted by molar-refractivity contribution is 7.47. The van der Waals surface area contributed by atoms with Gasteiger partial charge >= 0.3 is 39.5 Å². The summed E-state index contributed by atoms with van der Waals surface area (Å²) in [5, 5.41) is 10.7. The van der Waals surface area contributed by atoms with Crippen LogP contribution in [0.15, 0.2) is 0 Å². The Bertz CT molecular complexity index is 2030. The van der Waals surface area contributed by atoms with Crippen molar-refractivity contribution in [3.05, 3.63) is 0 Å². The number of esters is 4. The molecule has 0 aromatic heterocycles. The van der Waals surface area contributed by atoms with Gasteiger partial charge in [-0.3, -0.25) is 37.3 Å². The quantitative estimate of drug-likeness (QED) is 0.0222. The van der Waals surface area contributed by atoms with Crippen LogP contribution in [0.3, 0.4) is 0 Å². The van der Waals surface area contributed by atoms with Gasteiger partial charge in [0.25, 0.3) is 0 Å². The van der Waals surface area contributed by atoms with Crippen LogP contribution in [0.1, 0.15) is 478 Å². The van der Waals surface area contributed by atoms with E-state index in [-0.39, 0.29) is 25.7 Å². The molecular formula is C88H172O17P2. The lowest BCUT2D eigenvalue weighted by atomic mass is 10.0. The van der Waals surface area contributed by atoms with Crippen LogP contribution >= 0.6 is 15.6 Å². The maximum atomic E-state index is 13.2. The molecule has 0 saturated carbocycles. The van der Waals surface area contributed by atoms with Crippen LogP contribution in [0.25, 0.3) is 0 Å². The van der Waals surface area contributed by atoms with Crippen molar-refractivity contribution in [3.63, 3.8) is 0 Å². The highest BCUT2D eigenvalue weighted by atomic mass is 31.2. The van der Waals surface area contributed by atoms with Crippen molar-refractivity contribution < 1.29 is 80.2 Å². The Morgan fingerprint density at radius 3 is 0.636 bits per heavy atom. The molecule has 0 bridgehead atoms. The van der Waals surface area contributed by atoms with Gasteiger partial charge in [-0.1, -0.05) is 426 Å². The number of rotatable bonds is 88. The van der Waals surface area contributed by atoms with Crippen LogP contribution in [-0.2, 0) is 65.4 Å². The van der Waals surface area contributed by atoms with Crippen molar-refractivity contribution >= 4 is 39.5 Å². The zero-order valence-electron chi connectivity index (χ0n) is 70.3. The molecular weight excluding hydrogens is 1390 g/mol. The number of ether oxygens (including phenoxy) is 4. The number of aliphatic hydroxyl groups is 1. The molecule has 0 heterocycles. The molecule has 0 aliphatic rings. The molecule has 107 heavy (non-hydrogen) atoms. The fourth-order valence-electron chi connectivity index (χ4n) is 13.8. The largest absolute Gasteiger partial charge is 0.472 e. The van der Waals surface area contributed by atoms with E-state index in [1.807, 2.05) is 0 Å². The Kier molecular flexibility index (Phi) is 79.2. The average Bonchev–Trinajstić information content (AvgIpc) is 0.906. The SMILES string of the molecule is CCCCCCCCCCCCCCCCCCCCCCCC(=O)O[C@H](COC(=O)CCCCCCCCCCCCCCCCC(C)C)COP(=O)(O)OC[C@@H](O)COP(=O)(O)OC[C@@H](COC(=O)CCCCCCCCCCCCCC)OC(=O)CCCCCCCCCCCCCCCCCCC. The number of phosphoric ester groups is 2. The summed E-state index contributed by atoms with van der Waals surface area (Å²) in [6, 6.07) is 0. The third kappa shape index (κ3) is 81.9. The third-order valence-corrected chi connectivity index (χ3v) is 22.7. The van der Waals surface area contributed by atoms with Gasteiger partial charge in [-0.25, -0.2) is 9.13 Å². The van der Waals surface area contributed by atoms with Gasteiger partial charge in [-0.05, 0) is 31.6 Å². The molecule has 0 aliphatic heterocycles. The van der Waals surface area contributed by atoms with E-state index in [9.17, 15) is 43.2 Å². The van der Waals surface area contributed by atoms with Crippen LogP contribution in [0.2, 0.25) is 0 Å². The van der Waals surface area contributed by atoms with Crippen molar-refractivity contribution in [2.75, 3.05) is 39.6 Å². The molecule has 0 rings (SSSR count). The van der Waals surface area contributed by atoms with E-state index in [0.717, 1.165) is 95.8 Å². The number of hydrogen-bond acceptors (Lipinski definition) is 15. The van der Waals surface area contributed by atoms with Gasteiger partial charge in [0.05, 0.1) is 26.4 Å². The van der Waals surface area contributed by atoms with Crippen molar-refractivity contribution in [2.45, 2.75) is 496 Å². The first-order valence-electron chi connectivity index (χ1n) is 45.6. The maximum absolute atomic E-state index is 13.2. The summed E-state index contributed by atoms with van der Waals surface area (Å²) in [6.45, 7) is 7.41. The molecule has 0 aliphatic carbocycles. The third-order valence-electron chi connectivity index (χ3n) is 20.8. The van der Waals surface area contributed by atoms with Crippen molar-refractivity contribution in [3.8, 4) is 0 Å². The minimum absolute atomic E-state index is 0.109. The molecule has 636 valence electrons. The molecule has 0 amide bonds. The molecule has 0 aromatic carbocycles. The lowest BCUT2D eigenvalue weighted by Crippen LogP contribution is -2.30. The van der Waals surface area contributed by atoms with Gasteiger partial charge in [0, 0.05) is 25.7 Å². The Labute approximate surface area is 658 Å². The van der Waals surface area contributed by atoms with Gasteiger partial charge in [-0.2, -0.15) is 0 Å². The molecule has 19 heteroatoms. The summed E-state index contributed by atoms with van der Waals surface area (Å²) in [7, 11) is -9.93. The van der Waals surface area contributed by atoms with Crippen molar-refractivity contribution in [1.82, 2.24) is 0 Å². The maximum Gasteiger partial charge on any atom is 0.472 e. The molecule has 0 saturated heterocycles. The van der Waals surface area contributed by atoms with Crippen LogP contribution in [0.4, 0.5) is 0 Å². The van der Waals surface area contributed by atoms with Crippen molar-refractivity contribution in [1.29, 1.82) is 0 Å². The van der Waals surface area contributed by atoms with Gasteiger partial charge in [0.15, 0.2) is 12.2 Å². The Hall–Kier alpha value is -1.94. The summed E-state index contributed by atoms with van der Waals surface area (Å²) in [6.07, 6.45) is 74.9. The highest BCUT2D eigenvalue weighted by Crippen LogP contribution is 2.45. The van der Waals surface area contributed by atoms with E-state index in [4.69, 9.17) is 37.0 Å². The predicted octanol–water partition coefficient (Wildman–Crippen LogP) is 27.2. The average molecular weight is 1560 g/mol. The lowest BCUT2D eigenvalue weighted by Gasteiger charge is -2.21. The van der Waals surface area contributed by atoms with E-state index in [0.29, 0.717) is 25.7 Å². The molecule has 0 spiro atoms. The molecule has 0 fully saturated rings. The van der Waals surface area contributed by atoms with Crippen LogP contribution in [-0.4, -0.2) is 96.7 Å². The first-order valence-corrected chi connectivity index (χ1v) is 48.6. The number of aliphatic hydroxyl groups excluding tert-OH is 1. The van der Waals surface area contributed by atoms with Crippen LogP contribution < -0.4 is 0 Å². The number of hydrogen-bond donors (Lipinski definition) is 3. The number of carbonyl (C=O) groups excluding carboxylic acids is 4. The molecule has 5 atom stereocenters. The second-order valence-electron chi connectivity index (χ2n) is 32.1. The molecule has 0 radical (unpaired) electrons. The van der Waals surface area contributed by atoms with Crippen LogP contribution in [0.5, 0.6) is 0 Å². The number of carbonyl (C=O) groups is 4. The second kappa shape index (κ2) is 80.7. The molecule has 2 unspecified atom stereocenters. The van der Waals surface area contributed by atoms with Crippen molar-refractivity contribution in [2.24, 2.45) is 5.92 Å². The van der Waals surface area contributed by atoms with Gasteiger partial charge in [-0.15, -0.1) is 0 Å². The second-order valence-corrected chi connectivity index (χ2v) is 35.0. The fourth-order valence-corrected chi connectivity index (χ4v) is 15.4. The standard InChI is InChI=1S/C88H172O17P2/c1-6-9-12-15-18-21-24-27-29-31-32-33-34-36-38-44-49-54-59-64-69-74-88(93)105-84(78-99-86(91)72-67-62-57-52-47-42-40-39-41-45-50-55-60-65-70-81(4)5)80-103-107(96,97)101-76-82(89)75-100-106(94,95)102-79-83(77-98-85(90)71-66-61-56-51-46-26-23-20-17-14-11-8-3)104-87(92)73-68-63-58-53-48-43-37-35-30-28-25-22-19-16-13-10-7-2/h81-84,89H,6-80H2,1-5H3,(H,94,95)(H,96,97)/t82-,83+,84+/m0/s1. The van der Waals surface area contributed by atoms with Crippen LogP contribution in [0, 0.1) is 5.92 Å². The Morgan fingerprint density at radius 2 is 0.430 bits per heavy atom. The van der Waals surface area contributed by atoms with E-state index in [2.05, 4.69) is 34.6 Å². The molecule has 3 N–H and O–H groups in total. The Morgan fingerprint density at radius 1 is 0.252 bits per heavy atom. The molecule has 0 aromatic rings. The topological polar surface area (TPSA) is 237 Å². The minimum atomic E-state index is -4.97. The molecule has 17 nitrogen and oxygen atoms in total.